The third kappa shape index (κ3) is 23.6. The number of aliphatic hydroxyl groups is 7. The van der Waals surface area contributed by atoms with Gasteiger partial charge in [0.25, 0.3) is 0 Å². The van der Waals surface area contributed by atoms with Crippen LogP contribution >= 0.6 is 0 Å². The van der Waals surface area contributed by atoms with Gasteiger partial charge in [-0.05, 0) is 64.2 Å². The van der Waals surface area contributed by atoms with E-state index in [0.29, 0.717) is 19.4 Å². The van der Waals surface area contributed by atoms with Crippen LogP contribution in [0, 0.1) is 0 Å². The lowest BCUT2D eigenvalue weighted by atomic mass is 9.98. The first-order valence-corrected chi connectivity index (χ1v) is 22.5. The van der Waals surface area contributed by atoms with Gasteiger partial charge in [0.15, 0.2) is 12.6 Å². The predicted octanol–water partition coefficient (Wildman–Crippen LogP) is 5.17. The number of unbranched alkanes of at least 4 members (excludes halogenated alkanes) is 7. The zero-order valence-corrected chi connectivity index (χ0v) is 36.6. The SMILES string of the molecule is CC/C=C\C/C=C\C/C=C\C/C=C\C/C=C\CCOCC(COC1OC(COC2OC(CO)C(O)C(O)C2O)C(O)C(O)C1O)OC(=O)CCCCCCC/C=C\CCCC. The smallest absolute Gasteiger partial charge is 0.306 e. The lowest BCUT2D eigenvalue weighted by Crippen LogP contribution is -2.61. The number of aliphatic hydroxyl groups excluding tert-OH is 7. The van der Waals surface area contributed by atoms with E-state index in [4.69, 9.17) is 28.4 Å². The molecule has 2 fully saturated rings. The van der Waals surface area contributed by atoms with E-state index in [1.54, 1.807) is 0 Å². The Balaban J connectivity index is 1.86. The average molecular weight is 867 g/mol. The maximum atomic E-state index is 12.9. The van der Waals surface area contributed by atoms with E-state index in [0.717, 1.165) is 70.6 Å². The van der Waals surface area contributed by atoms with E-state index in [1.807, 2.05) is 6.08 Å². The minimum atomic E-state index is -1.72. The van der Waals surface area contributed by atoms with E-state index in [2.05, 4.69) is 80.7 Å². The zero-order chi connectivity index (χ0) is 44.5. The molecule has 0 spiro atoms. The van der Waals surface area contributed by atoms with Crippen molar-refractivity contribution in [3.8, 4) is 0 Å². The molecule has 0 aliphatic carbocycles. The lowest BCUT2D eigenvalue weighted by Gasteiger charge is -2.42. The molecule has 2 rings (SSSR count). The van der Waals surface area contributed by atoms with Gasteiger partial charge in [-0.1, -0.05) is 119 Å². The number of carbonyl (C=O) groups is 1. The van der Waals surface area contributed by atoms with Crippen molar-refractivity contribution in [2.24, 2.45) is 0 Å². The quantitative estimate of drug-likeness (QED) is 0.0258. The Kier molecular flexibility index (Phi) is 31.2. The molecule has 14 heteroatoms. The first kappa shape index (κ1) is 54.6. The van der Waals surface area contributed by atoms with Crippen molar-refractivity contribution in [3.63, 3.8) is 0 Å². The van der Waals surface area contributed by atoms with Gasteiger partial charge in [-0.25, -0.2) is 0 Å². The lowest BCUT2D eigenvalue weighted by molar-refractivity contribution is -0.332. The number of carbonyl (C=O) groups excluding carboxylic acids is 1. The molecule has 11 unspecified atom stereocenters. The molecule has 2 aliphatic heterocycles. The highest BCUT2D eigenvalue weighted by Gasteiger charge is 2.47. The van der Waals surface area contributed by atoms with Crippen LogP contribution in [0.15, 0.2) is 72.9 Å². The number of hydrogen-bond donors (Lipinski definition) is 7. The Morgan fingerprint density at radius 1 is 0.557 bits per heavy atom. The molecule has 0 radical (unpaired) electrons. The topological polar surface area (TPSA) is 214 Å². The van der Waals surface area contributed by atoms with Gasteiger partial charge in [-0.3, -0.25) is 4.79 Å². The zero-order valence-electron chi connectivity index (χ0n) is 36.6. The molecule has 0 saturated carbocycles. The molecule has 0 aromatic heterocycles. The monoisotopic (exact) mass is 867 g/mol. The summed E-state index contributed by atoms with van der Waals surface area (Å²) in [6.45, 7) is 3.25. The minimum Gasteiger partial charge on any atom is -0.457 e. The van der Waals surface area contributed by atoms with E-state index in [-0.39, 0.29) is 19.6 Å². The molecule has 11 atom stereocenters. The second-order valence-electron chi connectivity index (χ2n) is 15.5. The second-order valence-corrected chi connectivity index (χ2v) is 15.5. The van der Waals surface area contributed by atoms with E-state index < -0.39 is 86.7 Å². The van der Waals surface area contributed by atoms with Crippen molar-refractivity contribution >= 4 is 5.97 Å². The van der Waals surface area contributed by atoms with Gasteiger partial charge >= 0.3 is 5.97 Å². The molecule has 0 aromatic carbocycles. The average Bonchev–Trinajstić information content (AvgIpc) is 3.25. The summed E-state index contributed by atoms with van der Waals surface area (Å²) in [5.74, 6) is -0.416. The van der Waals surface area contributed by atoms with Crippen LogP contribution in [0.25, 0.3) is 0 Å². The van der Waals surface area contributed by atoms with Crippen LogP contribution in [-0.4, -0.2) is 142 Å². The van der Waals surface area contributed by atoms with Crippen LogP contribution in [0.4, 0.5) is 0 Å². The van der Waals surface area contributed by atoms with E-state index in [1.165, 1.54) is 12.8 Å². The molecular weight excluding hydrogens is 789 g/mol. The Hall–Kier alpha value is -2.57. The van der Waals surface area contributed by atoms with E-state index >= 15 is 0 Å². The summed E-state index contributed by atoms with van der Waals surface area (Å²) in [6.07, 6.45) is 24.3. The van der Waals surface area contributed by atoms with Crippen LogP contribution in [-0.2, 0) is 33.2 Å². The Morgan fingerprint density at radius 3 is 1.67 bits per heavy atom. The van der Waals surface area contributed by atoms with Gasteiger partial charge in [-0.2, -0.15) is 0 Å². The van der Waals surface area contributed by atoms with Gasteiger partial charge in [-0.15, -0.1) is 0 Å². The molecule has 350 valence electrons. The number of rotatable bonds is 33. The number of ether oxygens (including phenoxy) is 6. The summed E-state index contributed by atoms with van der Waals surface area (Å²) < 4.78 is 34.0. The Morgan fingerprint density at radius 2 is 1.07 bits per heavy atom. The predicted molar refractivity (Wildman–Crippen MR) is 233 cm³/mol. The first-order valence-electron chi connectivity index (χ1n) is 22.5. The molecule has 0 bridgehead atoms. The molecule has 2 aliphatic rings. The summed E-state index contributed by atoms with van der Waals surface area (Å²) in [7, 11) is 0. The van der Waals surface area contributed by atoms with Crippen molar-refractivity contribution in [2.75, 3.05) is 33.0 Å². The van der Waals surface area contributed by atoms with Gasteiger partial charge in [0.2, 0.25) is 0 Å². The summed E-state index contributed by atoms with van der Waals surface area (Å²) >= 11 is 0. The molecule has 14 nitrogen and oxygen atoms in total. The van der Waals surface area contributed by atoms with Crippen molar-refractivity contribution in [3.05, 3.63) is 72.9 Å². The van der Waals surface area contributed by atoms with Gasteiger partial charge < -0.3 is 64.2 Å². The van der Waals surface area contributed by atoms with Crippen LogP contribution in [0.3, 0.4) is 0 Å². The maximum absolute atomic E-state index is 12.9. The van der Waals surface area contributed by atoms with E-state index in [9.17, 15) is 40.5 Å². The molecule has 2 saturated heterocycles. The maximum Gasteiger partial charge on any atom is 0.306 e. The van der Waals surface area contributed by atoms with Crippen molar-refractivity contribution < 1.29 is 69.0 Å². The Labute approximate surface area is 364 Å². The van der Waals surface area contributed by atoms with Gasteiger partial charge in [0.1, 0.15) is 54.9 Å². The second kappa shape index (κ2) is 34.9. The minimum absolute atomic E-state index is 0.000136. The first-order chi connectivity index (χ1) is 29.6. The summed E-state index contributed by atoms with van der Waals surface area (Å²) in [6, 6.07) is 0. The fourth-order valence-electron chi connectivity index (χ4n) is 6.50. The molecular formula is C47H78O14. The van der Waals surface area contributed by atoms with Crippen molar-refractivity contribution in [1.29, 1.82) is 0 Å². The van der Waals surface area contributed by atoms with Gasteiger partial charge in [0.05, 0.1) is 33.0 Å². The summed E-state index contributed by atoms with van der Waals surface area (Å²) in [5, 5.41) is 71.8. The van der Waals surface area contributed by atoms with Crippen LogP contribution in [0.5, 0.6) is 0 Å². The van der Waals surface area contributed by atoms with Crippen molar-refractivity contribution in [1.82, 2.24) is 0 Å². The number of esters is 1. The summed E-state index contributed by atoms with van der Waals surface area (Å²) in [4.78, 5) is 12.9. The highest BCUT2D eigenvalue weighted by molar-refractivity contribution is 5.69. The van der Waals surface area contributed by atoms with Crippen LogP contribution in [0.2, 0.25) is 0 Å². The standard InChI is InChI=1S/C47H78O14/c1-3-5-7-9-11-13-15-16-17-18-19-21-23-25-27-29-31-56-33-36(59-39(49)30-28-26-24-22-20-14-12-10-8-6-4-2)34-57-46-45(55)43(53)41(51)38(61-46)35-58-47-44(54)42(52)40(50)37(32-48)60-47/h5,7,10-13,16-17,19,21,25,27,36-38,40-48,50-55H,3-4,6,8-9,14-15,18,20,22-24,26,28-35H2,1-2H3/b7-5-,12-10-,13-11-,17-16-,21-19-,27-25-. The fourth-order valence-corrected chi connectivity index (χ4v) is 6.50. The number of hydrogen-bond acceptors (Lipinski definition) is 14. The van der Waals surface area contributed by atoms with Crippen LogP contribution in [0.1, 0.15) is 117 Å². The van der Waals surface area contributed by atoms with Crippen LogP contribution < -0.4 is 0 Å². The van der Waals surface area contributed by atoms with Crippen molar-refractivity contribution in [2.45, 2.75) is 184 Å². The third-order valence-corrected chi connectivity index (χ3v) is 10.2. The van der Waals surface area contributed by atoms with Gasteiger partial charge in [0, 0.05) is 6.42 Å². The largest absolute Gasteiger partial charge is 0.457 e. The highest BCUT2D eigenvalue weighted by atomic mass is 16.7. The normalized spacial score (nSPS) is 28.1. The molecule has 7 N–H and O–H groups in total. The molecule has 0 amide bonds. The highest BCUT2D eigenvalue weighted by Crippen LogP contribution is 2.26. The molecule has 0 aromatic rings. The molecule has 2 heterocycles. The third-order valence-electron chi connectivity index (χ3n) is 10.2. The number of allylic oxidation sites excluding steroid dienone is 11. The Bertz CT molecular complexity index is 1280. The summed E-state index contributed by atoms with van der Waals surface area (Å²) in [5.41, 5.74) is 0. The molecule has 61 heavy (non-hydrogen) atoms. The fraction of sp³-hybridized carbons (Fsp3) is 0.723.